The van der Waals surface area contributed by atoms with Gasteiger partial charge in [0.2, 0.25) is 0 Å². The Labute approximate surface area is 261 Å². The van der Waals surface area contributed by atoms with Gasteiger partial charge in [-0.1, -0.05) is 0 Å². The lowest BCUT2D eigenvalue weighted by atomic mass is 10.1. The molecule has 1 aliphatic rings. The first-order chi connectivity index (χ1) is 22.2. The highest BCUT2D eigenvalue weighted by atomic mass is 19.1. The van der Waals surface area contributed by atoms with E-state index in [1.165, 1.54) is 30.3 Å². The number of dihydropyridines is 1. The third-order valence-electron chi connectivity index (χ3n) is 6.80. The fourth-order valence-electron chi connectivity index (χ4n) is 4.54. The van der Waals surface area contributed by atoms with E-state index in [1.54, 1.807) is 43.3 Å². The maximum absolute atomic E-state index is 15.3. The molecule has 46 heavy (non-hydrogen) atoms. The molecule has 0 saturated heterocycles. The molecule has 12 nitrogen and oxygen atoms in total. The van der Waals surface area contributed by atoms with Crippen molar-refractivity contribution in [2.45, 2.75) is 13.5 Å². The number of amides is 1. The third kappa shape index (κ3) is 6.92. The van der Waals surface area contributed by atoms with E-state index in [4.69, 9.17) is 14.9 Å². The van der Waals surface area contributed by atoms with Crippen LogP contribution in [0.1, 0.15) is 22.8 Å². The van der Waals surface area contributed by atoms with Gasteiger partial charge < -0.3 is 25.5 Å². The van der Waals surface area contributed by atoms with Gasteiger partial charge in [-0.25, -0.2) is 18.1 Å². The molecule has 5 rings (SSSR count). The predicted octanol–water partition coefficient (Wildman–Crippen LogP) is 3.74. The van der Waals surface area contributed by atoms with Crippen molar-refractivity contribution in [3.05, 3.63) is 134 Å². The van der Waals surface area contributed by atoms with Crippen molar-refractivity contribution in [1.29, 1.82) is 5.41 Å². The van der Waals surface area contributed by atoms with E-state index >= 15 is 4.39 Å². The Morgan fingerprint density at radius 3 is 2.59 bits per heavy atom. The molecule has 0 atom stereocenters. The van der Waals surface area contributed by atoms with Crippen LogP contribution in [0.4, 0.5) is 14.5 Å². The Bertz CT molecular complexity index is 2010. The number of aryl methyl sites for hydroxylation is 1. The first-order valence-corrected chi connectivity index (χ1v) is 14.1. The standard InChI is InChI=1S/C32H29F2N7O5/c1-3-45-13-12-40-19-25(31(43)41(32(40)44)24-7-4-22(33)5-8-24)30(42)38-23-6-9-28(26(34)15-23)46-29-14-20(16-36-27(29)10-11-35)21-17-37-39(2)18-21/h4-11,14-19,35-36H,3,12-13H2,1-2H3,(H,38,42)/b27-10-,35-11?. The smallest absolute Gasteiger partial charge is 0.335 e. The summed E-state index contributed by atoms with van der Waals surface area (Å²) in [5.41, 5.74) is -0.113. The fourth-order valence-corrected chi connectivity index (χ4v) is 4.54. The van der Waals surface area contributed by atoms with Crippen LogP contribution < -0.4 is 26.6 Å². The van der Waals surface area contributed by atoms with Crippen LogP contribution in [0.3, 0.4) is 0 Å². The van der Waals surface area contributed by atoms with Crippen LogP contribution in [-0.2, 0) is 18.3 Å². The molecule has 0 bridgehead atoms. The molecule has 0 aliphatic carbocycles. The van der Waals surface area contributed by atoms with Crippen molar-refractivity contribution in [1.82, 2.24) is 24.2 Å². The van der Waals surface area contributed by atoms with Crippen LogP contribution in [0.5, 0.6) is 5.75 Å². The van der Waals surface area contributed by atoms with E-state index in [9.17, 15) is 18.8 Å². The molecular weight excluding hydrogens is 600 g/mol. The summed E-state index contributed by atoms with van der Waals surface area (Å²) in [5, 5.41) is 17.1. The number of halogens is 2. The fraction of sp³-hybridized carbons (Fsp3) is 0.156. The zero-order valence-corrected chi connectivity index (χ0v) is 24.8. The van der Waals surface area contributed by atoms with Gasteiger partial charge in [-0.2, -0.15) is 5.10 Å². The molecule has 0 saturated carbocycles. The summed E-state index contributed by atoms with van der Waals surface area (Å²) in [4.78, 5) is 39.9. The first kappa shape index (κ1) is 31.5. The second-order valence-electron chi connectivity index (χ2n) is 9.94. The molecule has 236 valence electrons. The van der Waals surface area contributed by atoms with E-state index in [1.807, 2.05) is 0 Å². The summed E-state index contributed by atoms with van der Waals surface area (Å²) < 4.78 is 43.6. The second kappa shape index (κ2) is 13.8. The van der Waals surface area contributed by atoms with Gasteiger partial charge in [-0.15, -0.1) is 0 Å². The summed E-state index contributed by atoms with van der Waals surface area (Å²) in [6.07, 6.45) is 10.4. The quantitative estimate of drug-likeness (QED) is 0.169. The molecule has 2 aromatic carbocycles. The number of aromatic nitrogens is 4. The van der Waals surface area contributed by atoms with Crippen LogP contribution in [0.15, 0.2) is 100 Å². The lowest BCUT2D eigenvalue weighted by Crippen LogP contribution is -2.42. The lowest BCUT2D eigenvalue weighted by molar-refractivity contribution is 0.102. The molecular formula is C32H29F2N7O5. The Morgan fingerprint density at radius 2 is 1.91 bits per heavy atom. The van der Waals surface area contributed by atoms with Gasteiger partial charge in [0.25, 0.3) is 11.5 Å². The highest BCUT2D eigenvalue weighted by Gasteiger charge is 2.21. The highest BCUT2D eigenvalue weighted by molar-refractivity contribution is 6.03. The van der Waals surface area contributed by atoms with Gasteiger partial charge in [0.1, 0.15) is 11.4 Å². The number of ether oxygens (including phenoxy) is 2. The van der Waals surface area contributed by atoms with Gasteiger partial charge in [-0.05, 0) is 55.5 Å². The summed E-state index contributed by atoms with van der Waals surface area (Å²) in [6, 6.07) is 8.37. The molecule has 2 aromatic heterocycles. The number of carbonyl (C=O) groups excluding carboxylic acids is 1. The predicted molar refractivity (Wildman–Crippen MR) is 167 cm³/mol. The van der Waals surface area contributed by atoms with Crippen LogP contribution in [0, 0.1) is 17.0 Å². The Hall–Kier alpha value is -5.89. The molecule has 0 fully saturated rings. The van der Waals surface area contributed by atoms with Crippen molar-refractivity contribution < 1.29 is 23.0 Å². The number of carbonyl (C=O) groups is 1. The molecule has 0 unspecified atom stereocenters. The summed E-state index contributed by atoms with van der Waals surface area (Å²) >= 11 is 0. The van der Waals surface area contributed by atoms with E-state index < -0.39 is 34.4 Å². The zero-order valence-electron chi connectivity index (χ0n) is 24.8. The minimum atomic E-state index is -0.943. The molecule has 4 aromatic rings. The summed E-state index contributed by atoms with van der Waals surface area (Å²) in [6.45, 7) is 2.34. The van der Waals surface area contributed by atoms with Gasteiger partial charge in [0, 0.05) is 61.4 Å². The van der Waals surface area contributed by atoms with E-state index in [2.05, 4.69) is 15.7 Å². The number of hydrogen-bond donors (Lipinski definition) is 3. The van der Waals surface area contributed by atoms with Crippen molar-refractivity contribution in [3.8, 4) is 11.4 Å². The minimum absolute atomic E-state index is 0.0107. The molecule has 14 heteroatoms. The second-order valence-corrected chi connectivity index (χ2v) is 9.94. The molecule has 1 aliphatic heterocycles. The summed E-state index contributed by atoms with van der Waals surface area (Å²) in [7, 11) is 1.78. The van der Waals surface area contributed by atoms with E-state index in [0.717, 1.165) is 45.3 Å². The summed E-state index contributed by atoms with van der Waals surface area (Å²) in [5.74, 6) is -2.23. The van der Waals surface area contributed by atoms with Crippen molar-refractivity contribution in [3.63, 3.8) is 0 Å². The normalized spacial score (nSPS) is 13.5. The van der Waals surface area contributed by atoms with Gasteiger partial charge >= 0.3 is 5.69 Å². The zero-order chi connectivity index (χ0) is 32.8. The molecule has 1 amide bonds. The number of rotatable bonds is 11. The number of allylic oxidation sites excluding steroid dienone is 3. The Kier molecular flexibility index (Phi) is 9.47. The van der Waals surface area contributed by atoms with Crippen LogP contribution in [0.25, 0.3) is 11.3 Å². The van der Waals surface area contributed by atoms with E-state index in [-0.39, 0.29) is 36.0 Å². The molecule has 3 N–H and O–H groups in total. The number of nitrogens with one attached hydrogen (secondary N) is 3. The SMILES string of the molecule is CCOCCn1cc(C(=O)Nc2ccc(OC3=CC(c4cnn(C)c4)=CN/C3=C\C=N)c(F)c2)c(=O)n(-c2ccc(F)cc2)c1=O. The molecule has 0 spiro atoms. The number of anilines is 1. The number of nitrogens with zero attached hydrogens (tertiary/aromatic N) is 4. The largest absolute Gasteiger partial charge is 0.452 e. The monoisotopic (exact) mass is 629 g/mol. The average Bonchev–Trinajstić information content (AvgIpc) is 3.47. The Morgan fingerprint density at radius 1 is 1.13 bits per heavy atom. The number of hydrogen-bond acceptors (Lipinski definition) is 8. The minimum Gasteiger partial charge on any atom is -0.452 e. The van der Waals surface area contributed by atoms with Crippen LogP contribution in [-0.4, -0.2) is 44.3 Å². The van der Waals surface area contributed by atoms with Crippen molar-refractivity contribution in [2.24, 2.45) is 7.05 Å². The van der Waals surface area contributed by atoms with Crippen molar-refractivity contribution in [2.75, 3.05) is 18.5 Å². The lowest BCUT2D eigenvalue weighted by Gasteiger charge is -2.19. The highest BCUT2D eigenvalue weighted by Crippen LogP contribution is 2.29. The Balaban J connectivity index is 1.42. The van der Waals surface area contributed by atoms with Gasteiger partial charge in [-0.3, -0.25) is 18.8 Å². The number of benzene rings is 2. The van der Waals surface area contributed by atoms with Gasteiger partial charge in [0.05, 0.1) is 30.7 Å². The molecule has 3 heterocycles. The first-order valence-electron chi connectivity index (χ1n) is 14.1. The van der Waals surface area contributed by atoms with Crippen molar-refractivity contribution >= 4 is 23.4 Å². The topological polar surface area (TPSA) is 145 Å². The average molecular weight is 630 g/mol. The molecule has 0 radical (unpaired) electrons. The maximum atomic E-state index is 15.3. The van der Waals surface area contributed by atoms with Crippen LogP contribution in [0.2, 0.25) is 0 Å². The van der Waals surface area contributed by atoms with Crippen LogP contribution >= 0.6 is 0 Å². The maximum Gasteiger partial charge on any atom is 0.335 e. The van der Waals surface area contributed by atoms with E-state index in [0.29, 0.717) is 17.9 Å². The third-order valence-corrected chi connectivity index (χ3v) is 6.80. The van der Waals surface area contributed by atoms with Gasteiger partial charge in [0.15, 0.2) is 17.3 Å².